The van der Waals surface area contributed by atoms with E-state index < -0.39 is 9.84 Å². The number of benzene rings is 1. The Bertz CT molecular complexity index is 998. The van der Waals surface area contributed by atoms with Gasteiger partial charge in [0.2, 0.25) is 0 Å². The second kappa shape index (κ2) is 6.19. The average Bonchev–Trinajstić information content (AvgIpc) is 3.34. The Morgan fingerprint density at radius 1 is 1.19 bits per heavy atom. The van der Waals surface area contributed by atoms with Crippen LogP contribution in [0.25, 0.3) is 0 Å². The molecule has 2 aliphatic rings. The number of fused-ring (bicyclic) bond motifs is 1. The molecule has 6 nitrogen and oxygen atoms in total. The Morgan fingerprint density at radius 3 is 2.56 bits per heavy atom. The van der Waals surface area contributed by atoms with Gasteiger partial charge < -0.3 is 5.32 Å². The van der Waals surface area contributed by atoms with Crippen molar-refractivity contribution in [2.24, 2.45) is 0 Å². The van der Waals surface area contributed by atoms with Crippen molar-refractivity contribution in [3.05, 3.63) is 47.3 Å². The summed E-state index contributed by atoms with van der Waals surface area (Å²) in [5.41, 5.74) is 1.98. The van der Waals surface area contributed by atoms with Crippen LogP contribution >= 0.6 is 0 Å². The third-order valence-electron chi connectivity index (χ3n) is 5.21. The van der Waals surface area contributed by atoms with Gasteiger partial charge in [0.25, 0.3) is 5.91 Å². The SMILES string of the molecule is CC(C)(C)n1nc(C(=O)NC2CCS(=O)(=O)c3ccccc32)cc1C1CC1. The number of nitrogens with zero attached hydrogens (tertiary/aromatic N) is 2. The molecule has 1 aromatic carbocycles. The Morgan fingerprint density at radius 2 is 1.89 bits per heavy atom. The molecule has 1 saturated carbocycles. The molecule has 2 aromatic rings. The van der Waals surface area contributed by atoms with Crippen LogP contribution in [0.5, 0.6) is 0 Å². The Balaban J connectivity index is 1.62. The molecule has 0 bridgehead atoms. The summed E-state index contributed by atoms with van der Waals surface area (Å²) in [5, 5.41) is 7.58. The topological polar surface area (TPSA) is 81.1 Å². The van der Waals surface area contributed by atoms with Crippen LogP contribution in [0.3, 0.4) is 0 Å². The molecule has 1 amide bonds. The molecule has 0 saturated heterocycles. The van der Waals surface area contributed by atoms with Gasteiger partial charge in [0.15, 0.2) is 9.84 Å². The largest absolute Gasteiger partial charge is 0.344 e. The second-order valence-electron chi connectivity index (χ2n) is 8.48. The van der Waals surface area contributed by atoms with E-state index in [0.29, 0.717) is 28.5 Å². The van der Waals surface area contributed by atoms with Crippen molar-refractivity contribution in [1.82, 2.24) is 15.1 Å². The van der Waals surface area contributed by atoms with Gasteiger partial charge in [0.05, 0.1) is 22.2 Å². The van der Waals surface area contributed by atoms with Gasteiger partial charge in [-0.3, -0.25) is 9.48 Å². The first-order chi connectivity index (χ1) is 12.7. The predicted octanol–water partition coefficient (Wildman–Crippen LogP) is 3.16. The first-order valence-corrected chi connectivity index (χ1v) is 11.0. The lowest BCUT2D eigenvalue weighted by molar-refractivity contribution is 0.0928. The van der Waals surface area contributed by atoms with Crippen molar-refractivity contribution in [1.29, 1.82) is 0 Å². The lowest BCUT2D eigenvalue weighted by atomic mass is 10.0. The van der Waals surface area contributed by atoms with Crippen LogP contribution in [0.15, 0.2) is 35.2 Å². The quantitative estimate of drug-likeness (QED) is 0.877. The van der Waals surface area contributed by atoms with E-state index in [-0.39, 0.29) is 23.2 Å². The summed E-state index contributed by atoms with van der Waals surface area (Å²) < 4.78 is 26.5. The van der Waals surface area contributed by atoms with Gasteiger partial charge in [-0.2, -0.15) is 5.10 Å². The second-order valence-corrected chi connectivity index (χ2v) is 10.6. The minimum absolute atomic E-state index is 0.0404. The summed E-state index contributed by atoms with van der Waals surface area (Å²) in [7, 11) is -3.27. The molecule has 1 atom stereocenters. The molecule has 144 valence electrons. The van der Waals surface area contributed by atoms with Crippen molar-refractivity contribution in [2.75, 3.05) is 5.75 Å². The molecule has 1 N–H and O–H groups in total. The lowest BCUT2D eigenvalue weighted by Gasteiger charge is -2.26. The first kappa shape index (κ1) is 18.2. The molecule has 1 aromatic heterocycles. The fraction of sp³-hybridized carbons (Fsp3) is 0.500. The summed E-state index contributed by atoms with van der Waals surface area (Å²) in [5.74, 6) is 0.274. The van der Waals surface area contributed by atoms with E-state index in [0.717, 1.165) is 18.5 Å². The average molecular weight is 388 g/mol. The maximum atomic E-state index is 12.9. The highest BCUT2D eigenvalue weighted by atomic mass is 32.2. The monoisotopic (exact) mass is 387 g/mol. The number of carbonyl (C=O) groups excluding carboxylic acids is 1. The summed E-state index contributed by atoms with van der Waals surface area (Å²) in [4.78, 5) is 13.2. The number of hydrogen-bond donors (Lipinski definition) is 1. The molecule has 27 heavy (non-hydrogen) atoms. The molecule has 1 fully saturated rings. The van der Waals surface area contributed by atoms with Crippen LogP contribution in [-0.4, -0.2) is 29.9 Å². The van der Waals surface area contributed by atoms with Gasteiger partial charge >= 0.3 is 0 Å². The number of amides is 1. The fourth-order valence-corrected chi connectivity index (χ4v) is 5.31. The molecular formula is C20H25N3O3S. The van der Waals surface area contributed by atoms with E-state index in [2.05, 4.69) is 31.2 Å². The summed E-state index contributed by atoms with van der Waals surface area (Å²) in [6.45, 7) is 6.24. The first-order valence-electron chi connectivity index (χ1n) is 9.40. The summed E-state index contributed by atoms with van der Waals surface area (Å²) >= 11 is 0. The van der Waals surface area contributed by atoms with E-state index in [9.17, 15) is 13.2 Å². The Hall–Kier alpha value is -2.15. The number of hydrogen-bond acceptors (Lipinski definition) is 4. The van der Waals surface area contributed by atoms with E-state index >= 15 is 0 Å². The molecule has 4 rings (SSSR count). The molecule has 1 aliphatic heterocycles. The van der Waals surface area contributed by atoms with Crippen molar-refractivity contribution >= 4 is 15.7 Å². The maximum absolute atomic E-state index is 12.9. The normalized spacial score (nSPS) is 21.5. The highest BCUT2D eigenvalue weighted by molar-refractivity contribution is 7.91. The number of nitrogens with one attached hydrogen (secondary N) is 1. The van der Waals surface area contributed by atoms with E-state index in [4.69, 9.17) is 0 Å². The van der Waals surface area contributed by atoms with E-state index in [1.54, 1.807) is 24.3 Å². The van der Waals surface area contributed by atoms with Gasteiger partial charge in [-0.1, -0.05) is 18.2 Å². The Labute approximate surface area is 159 Å². The highest BCUT2D eigenvalue weighted by Crippen LogP contribution is 2.42. The van der Waals surface area contributed by atoms with Crippen molar-refractivity contribution < 1.29 is 13.2 Å². The zero-order valence-electron chi connectivity index (χ0n) is 15.9. The van der Waals surface area contributed by atoms with Gasteiger partial charge in [0.1, 0.15) is 5.69 Å². The molecular weight excluding hydrogens is 362 g/mol. The molecule has 7 heteroatoms. The highest BCUT2D eigenvalue weighted by Gasteiger charge is 2.34. The van der Waals surface area contributed by atoms with E-state index in [1.165, 1.54) is 0 Å². The number of rotatable bonds is 3. The Kier molecular flexibility index (Phi) is 4.18. The molecule has 1 aliphatic carbocycles. The standard InChI is InChI=1S/C20H25N3O3S/c1-20(2,3)23-17(13-8-9-13)12-16(22-23)19(24)21-15-10-11-27(25,26)18-7-5-4-6-14(15)18/h4-7,12-13,15H,8-11H2,1-3H3,(H,21,24). The zero-order chi connectivity index (χ0) is 19.4. The van der Waals surface area contributed by atoms with Crippen LogP contribution in [0.2, 0.25) is 0 Å². The smallest absolute Gasteiger partial charge is 0.272 e. The number of aromatic nitrogens is 2. The number of sulfone groups is 1. The molecule has 2 heterocycles. The third kappa shape index (κ3) is 3.40. The van der Waals surface area contributed by atoms with Crippen LogP contribution in [0.1, 0.15) is 73.7 Å². The molecule has 0 radical (unpaired) electrons. The lowest BCUT2D eigenvalue weighted by Crippen LogP contribution is -2.34. The van der Waals surface area contributed by atoms with Crippen molar-refractivity contribution in [3.63, 3.8) is 0 Å². The number of carbonyl (C=O) groups is 1. The fourth-order valence-electron chi connectivity index (χ4n) is 3.69. The molecule has 0 spiro atoms. The van der Waals surface area contributed by atoms with Gasteiger partial charge in [0, 0.05) is 11.6 Å². The predicted molar refractivity (Wildman–Crippen MR) is 103 cm³/mol. The van der Waals surface area contributed by atoms with Gasteiger partial charge in [-0.05, 0) is 57.7 Å². The van der Waals surface area contributed by atoms with Crippen LogP contribution in [0, 0.1) is 0 Å². The van der Waals surface area contributed by atoms with Gasteiger partial charge in [-0.15, -0.1) is 0 Å². The molecule has 1 unspecified atom stereocenters. The van der Waals surface area contributed by atoms with Crippen LogP contribution in [0.4, 0.5) is 0 Å². The minimum Gasteiger partial charge on any atom is -0.344 e. The van der Waals surface area contributed by atoms with Crippen molar-refractivity contribution in [2.45, 2.75) is 62.4 Å². The third-order valence-corrected chi connectivity index (χ3v) is 7.03. The van der Waals surface area contributed by atoms with Gasteiger partial charge in [-0.25, -0.2) is 8.42 Å². The minimum atomic E-state index is -3.27. The van der Waals surface area contributed by atoms with Crippen LogP contribution < -0.4 is 5.32 Å². The summed E-state index contributed by atoms with van der Waals surface area (Å²) in [6.07, 6.45) is 2.65. The zero-order valence-corrected chi connectivity index (χ0v) is 16.7. The maximum Gasteiger partial charge on any atom is 0.272 e. The van der Waals surface area contributed by atoms with E-state index in [1.807, 2.05) is 10.7 Å². The summed E-state index contributed by atoms with van der Waals surface area (Å²) in [6, 6.07) is 8.49. The van der Waals surface area contributed by atoms with Crippen LogP contribution in [-0.2, 0) is 15.4 Å². The van der Waals surface area contributed by atoms with Crippen molar-refractivity contribution in [3.8, 4) is 0 Å².